The zero-order valence-corrected chi connectivity index (χ0v) is 15.6. The van der Waals surface area contributed by atoms with E-state index in [0.29, 0.717) is 35.9 Å². The molecule has 0 aromatic heterocycles. The monoisotopic (exact) mass is 372 g/mol. The summed E-state index contributed by atoms with van der Waals surface area (Å²) in [6.45, 7) is 5.15. The molecule has 1 fully saturated rings. The number of carbonyl (C=O) groups excluding carboxylic acids is 2. The van der Waals surface area contributed by atoms with Gasteiger partial charge in [-0.1, -0.05) is 35.9 Å². The number of rotatable bonds is 4. The molecule has 1 aliphatic rings. The van der Waals surface area contributed by atoms with Crippen LogP contribution in [0.5, 0.6) is 0 Å². The van der Waals surface area contributed by atoms with Gasteiger partial charge < -0.3 is 15.1 Å². The minimum atomic E-state index is -0.0615. The molecule has 0 unspecified atom stereocenters. The zero-order chi connectivity index (χ0) is 18.5. The summed E-state index contributed by atoms with van der Waals surface area (Å²) in [6.07, 6.45) is 0. The Morgan fingerprint density at radius 1 is 1.12 bits per heavy atom. The van der Waals surface area contributed by atoms with Gasteiger partial charge in [0.2, 0.25) is 0 Å². The molecule has 0 aliphatic carbocycles. The molecule has 0 spiro atoms. The van der Waals surface area contributed by atoms with Crippen molar-refractivity contribution in [3.63, 3.8) is 0 Å². The summed E-state index contributed by atoms with van der Waals surface area (Å²) >= 11 is 6.16. The predicted molar refractivity (Wildman–Crippen MR) is 103 cm³/mol. The molecule has 0 saturated carbocycles. The Morgan fingerprint density at radius 3 is 2.46 bits per heavy atom. The van der Waals surface area contributed by atoms with Crippen LogP contribution in [-0.4, -0.2) is 49.4 Å². The molecular weight excluding hydrogens is 350 g/mol. The fourth-order valence-corrected chi connectivity index (χ4v) is 3.39. The van der Waals surface area contributed by atoms with Gasteiger partial charge in [-0.3, -0.25) is 9.59 Å². The van der Waals surface area contributed by atoms with E-state index in [-0.39, 0.29) is 11.8 Å². The number of halogens is 1. The van der Waals surface area contributed by atoms with E-state index in [1.54, 1.807) is 0 Å². The smallest absolute Gasteiger partial charge is 0.279 e. The number of nitrogens with one attached hydrogen (secondary N) is 2. The summed E-state index contributed by atoms with van der Waals surface area (Å²) in [5.41, 5.74) is 2.40. The number of hydrogen-bond donors (Lipinski definition) is 2. The van der Waals surface area contributed by atoms with Crippen LogP contribution in [0, 0.1) is 6.92 Å². The minimum absolute atomic E-state index is 0.0561. The predicted octanol–water partition coefficient (Wildman–Crippen LogP) is 1.63. The Kier molecular flexibility index (Phi) is 5.91. The topological polar surface area (TPSA) is 53.9 Å². The highest BCUT2D eigenvalue weighted by Crippen LogP contribution is 2.22. The molecule has 2 amide bonds. The molecule has 0 bridgehead atoms. The van der Waals surface area contributed by atoms with E-state index in [0.717, 1.165) is 18.7 Å². The number of piperazine rings is 1. The SMILES string of the molecule is Cc1ccc(NC(=O)C[NH+]2CCN(C(=O)c3ccccc3)CC2)c(Cl)c1. The standard InChI is InChI=1S/C20H22ClN3O2/c1-15-7-8-18(17(21)13-15)22-19(25)14-23-9-11-24(12-10-23)20(26)16-5-3-2-4-6-16/h2-8,13H,9-12,14H2,1H3,(H,22,25)/p+1. The summed E-state index contributed by atoms with van der Waals surface area (Å²) in [5, 5.41) is 3.42. The van der Waals surface area contributed by atoms with E-state index >= 15 is 0 Å². The normalized spacial score (nSPS) is 14.9. The molecule has 1 aliphatic heterocycles. The molecule has 5 nitrogen and oxygen atoms in total. The third-order valence-electron chi connectivity index (χ3n) is 4.59. The van der Waals surface area contributed by atoms with Crippen LogP contribution in [0.4, 0.5) is 5.69 Å². The lowest BCUT2D eigenvalue weighted by atomic mass is 10.2. The van der Waals surface area contributed by atoms with Crippen molar-refractivity contribution in [2.75, 3.05) is 38.0 Å². The van der Waals surface area contributed by atoms with Crippen LogP contribution in [0.1, 0.15) is 15.9 Å². The first-order valence-electron chi connectivity index (χ1n) is 8.77. The number of quaternary nitrogens is 1. The Labute approximate surface area is 158 Å². The van der Waals surface area contributed by atoms with Gasteiger partial charge in [-0.25, -0.2) is 0 Å². The number of aryl methyl sites for hydroxylation is 1. The van der Waals surface area contributed by atoms with Gasteiger partial charge in [-0.15, -0.1) is 0 Å². The molecule has 6 heteroatoms. The second-order valence-electron chi connectivity index (χ2n) is 6.62. The maximum absolute atomic E-state index is 12.5. The number of amides is 2. The van der Waals surface area contributed by atoms with Crippen LogP contribution in [-0.2, 0) is 4.79 Å². The van der Waals surface area contributed by atoms with Gasteiger partial charge in [-0.05, 0) is 36.8 Å². The highest BCUT2D eigenvalue weighted by Gasteiger charge is 2.25. The highest BCUT2D eigenvalue weighted by molar-refractivity contribution is 6.33. The van der Waals surface area contributed by atoms with Gasteiger partial charge in [0.05, 0.1) is 36.9 Å². The lowest BCUT2D eigenvalue weighted by Crippen LogP contribution is -3.15. The van der Waals surface area contributed by atoms with Crippen molar-refractivity contribution in [2.45, 2.75) is 6.92 Å². The molecule has 2 N–H and O–H groups in total. The molecule has 2 aromatic rings. The van der Waals surface area contributed by atoms with E-state index in [1.165, 1.54) is 4.90 Å². The van der Waals surface area contributed by atoms with Crippen LogP contribution in [0.3, 0.4) is 0 Å². The van der Waals surface area contributed by atoms with Crippen molar-refractivity contribution in [2.24, 2.45) is 0 Å². The lowest BCUT2D eigenvalue weighted by Gasteiger charge is -2.32. The zero-order valence-electron chi connectivity index (χ0n) is 14.8. The number of carbonyl (C=O) groups is 2. The molecule has 2 aromatic carbocycles. The quantitative estimate of drug-likeness (QED) is 0.857. The van der Waals surface area contributed by atoms with Crippen LogP contribution in [0.15, 0.2) is 48.5 Å². The van der Waals surface area contributed by atoms with Crippen molar-refractivity contribution >= 4 is 29.1 Å². The van der Waals surface area contributed by atoms with Crippen LogP contribution in [0.25, 0.3) is 0 Å². The molecular formula is C20H23ClN3O2+. The van der Waals surface area contributed by atoms with Crippen molar-refractivity contribution in [3.05, 3.63) is 64.7 Å². The first-order valence-corrected chi connectivity index (χ1v) is 9.14. The summed E-state index contributed by atoms with van der Waals surface area (Å²) in [5.74, 6) is -0.00544. The van der Waals surface area contributed by atoms with Crippen molar-refractivity contribution in [3.8, 4) is 0 Å². The van der Waals surface area contributed by atoms with E-state index in [9.17, 15) is 9.59 Å². The second-order valence-corrected chi connectivity index (χ2v) is 7.02. The Hall–Kier alpha value is -2.37. The van der Waals surface area contributed by atoms with E-state index in [4.69, 9.17) is 11.6 Å². The summed E-state index contributed by atoms with van der Waals surface area (Å²) in [7, 11) is 0. The number of benzene rings is 2. The van der Waals surface area contributed by atoms with Gasteiger partial charge in [-0.2, -0.15) is 0 Å². The summed E-state index contributed by atoms with van der Waals surface area (Å²) in [6, 6.07) is 14.9. The molecule has 0 atom stereocenters. The number of anilines is 1. The number of nitrogens with zero attached hydrogens (tertiary/aromatic N) is 1. The molecule has 0 radical (unpaired) electrons. The van der Waals surface area contributed by atoms with Gasteiger partial charge >= 0.3 is 0 Å². The molecule has 136 valence electrons. The third kappa shape index (κ3) is 4.62. The molecule has 26 heavy (non-hydrogen) atoms. The summed E-state index contributed by atoms with van der Waals surface area (Å²) in [4.78, 5) is 27.8. The van der Waals surface area contributed by atoms with Gasteiger partial charge in [0.25, 0.3) is 11.8 Å². The average molecular weight is 373 g/mol. The van der Waals surface area contributed by atoms with Crippen LogP contribution >= 0.6 is 11.6 Å². The van der Waals surface area contributed by atoms with Crippen molar-refractivity contribution in [1.82, 2.24) is 4.90 Å². The summed E-state index contributed by atoms with van der Waals surface area (Å²) < 4.78 is 0. The largest absolute Gasteiger partial charge is 0.327 e. The molecule has 1 saturated heterocycles. The van der Waals surface area contributed by atoms with E-state index in [2.05, 4.69) is 5.32 Å². The second kappa shape index (κ2) is 8.34. The average Bonchev–Trinajstić information content (AvgIpc) is 2.65. The third-order valence-corrected chi connectivity index (χ3v) is 4.90. The maximum atomic E-state index is 12.5. The minimum Gasteiger partial charge on any atom is -0.327 e. The Bertz CT molecular complexity index is 787. The first-order chi connectivity index (χ1) is 12.5. The number of hydrogen-bond acceptors (Lipinski definition) is 2. The first kappa shape index (κ1) is 18.4. The fraction of sp³-hybridized carbons (Fsp3) is 0.300. The molecule has 1 heterocycles. The fourth-order valence-electron chi connectivity index (χ4n) is 3.11. The Balaban J connectivity index is 1.49. The Morgan fingerprint density at radius 2 is 1.81 bits per heavy atom. The lowest BCUT2D eigenvalue weighted by molar-refractivity contribution is -0.895. The molecule has 3 rings (SSSR count). The van der Waals surface area contributed by atoms with Crippen molar-refractivity contribution in [1.29, 1.82) is 0 Å². The van der Waals surface area contributed by atoms with Gasteiger partial charge in [0.1, 0.15) is 0 Å². The van der Waals surface area contributed by atoms with Crippen molar-refractivity contribution < 1.29 is 14.5 Å². The van der Waals surface area contributed by atoms with Crippen LogP contribution in [0.2, 0.25) is 5.02 Å². The van der Waals surface area contributed by atoms with E-state index in [1.807, 2.05) is 60.4 Å². The van der Waals surface area contributed by atoms with Gasteiger partial charge in [0.15, 0.2) is 6.54 Å². The van der Waals surface area contributed by atoms with E-state index < -0.39 is 0 Å². The van der Waals surface area contributed by atoms with Crippen LogP contribution < -0.4 is 10.2 Å². The maximum Gasteiger partial charge on any atom is 0.279 e. The van der Waals surface area contributed by atoms with Gasteiger partial charge in [0, 0.05) is 5.56 Å². The highest BCUT2D eigenvalue weighted by atomic mass is 35.5.